The van der Waals surface area contributed by atoms with E-state index >= 15 is 0 Å². The summed E-state index contributed by atoms with van der Waals surface area (Å²) in [6.07, 6.45) is 0.443. The van der Waals surface area contributed by atoms with Crippen molar-refractivity contribution in [1.29, 1.82) is 0 Å². The Labute approximate surface area is 92.1 Å². The van der Waals surface area contributed by atoms with Crippen LogP contribution in [0.3, 0.4) is 0 Å². The molecule has 0 heterocycles. The zero-order valence-electron chi connectivity index (χ0n) is 8.46. The van der Waals surface area contributed by atoms with E-state index in [4.69, 9.17) is 16.6 Å². The van der Waals surface area contributed by atoms with Crippen LogP contribution in [0.15, 0.2) is 12.1 Å². The Morgan fingerprint density at radius 3 is 2.75 bits per heavy atom. The fraction of sp³-hybridized carbons (Fsp3) is 0.182. The molecule has 1 rings (SSSR count). The highest BCUT2D eigenvalue weighted by Crippen LogP contribution is 2.19. The van der Waals surface area contributed by atoms with Crippen molar-refractivity contribution in [1.82, 2.24) is 0 Å². The van der Waals surface area contributed by atoms with Crippen LogP contribution in [0.25, 0.3) is 0 Å². The lowest BCUT2D eigenvalue weighted by molar-refractivity contribution is 0.0697. The molecule has 0 saturated carbocycles. The Kier molecular flexibility index (Phi) is 3.86. The summed E-state index contributed by atoms with van der Waals surface area (Å²) in [7, 11) is 0. The first-order chi connectivity index (χ1) is 7.56. The second-order valence-corrected chi connectivity index (χ2v) is 3.06. The van der Waals surface area contributed by atoms with E-state index in [-0.39, 0.29) is 16.8 Å². The summed E-state index contributed by atoms with van der Waals surface area (Å²) in [4.78, 5) is 10.7. The number of carbonyl (C=O) groups is 1. The first kappa shape index (κ1) is 12.0. The monoisotopic (exact) mass is 222 g/mol. The molecule has 0 aliphatic heterocycles. The number of nitrogens with two attached hydrogens (primary N) is 2. The quantitative estimate of drug-likeness (QED) is 0.510. The Bertz CT molecular complexity index is 475. The van der Waals surface area contributed by atoms with E-state index in [1.807, 2.05) is 0 Å². The van der Waals surface area contributed by atoms with Crippen LogP contribution in [0, 0.1) is 17.7 Å². The zero-order chi connectivity index (χ0) is 12.1. The highest BCUT2D eigenvalue weighted by Gasteiger charge is 2.12. The maximum Gasteiger partial charge on any atom is 0.337 e. The molecule has 5 N–H and O–H groups in total. The van der Waals surface area contributed by atoms with Gasteiger partial charge < -0.3 is 16.6 Å². The fourth-order valence-corrected chi connectivity index (χ4v) is 1.13. The molecule has 0 radical (unpaired) electrons. The third-order valence-electron chi connectivity index (χ3n) is 1.87. The van der Waals surface area contributed by atoms with Gasteiger partial charge in [0.25, 0.3) is 0 Å². The highest BCUT2D eigenvalue weighted by atomic mass is 19.1. The van der Waals surface area contributed by atoms with Crippen LogP contribution in [0.4, 0.5) is 10.1 Å². The summed E-state index contributed by atoms with van der Waals surface area (Å²) in [5.74, 6) is 3.31. The maximum atomic E-state index is 13.1. The van der Waals surface area contributed by atoms with Gasteiger partial charge in [0.1, 0.15) is 5.82 Å². The Hall–Kier alpha value is -2.06. The Morgan fingerprint density at radius 1 is 1.50 bits per heavy atom. The van der Waals surface area contributed by atoms with Crippen molar-refractivity contribution in [3.63, 3.8) is 0 Å². The van der Waals surface area contributed by atoms with Crippen molar-refractivity contribution in [2.45, 2.75) is 6.42 Å². The van der Waals surface area contributed by atoms with Crippen molar-refractivity contribution in [2.75, 3.05) is 12.3 Å². The minimum Gasteiger partial charge on any atom is -0.478 e. The minimum absolute atomic E-state index is 0.0292. The van der Waals surface area contributed by atoms with Gasteiger partial charge in [0.2, 0.25) is 0 Å². The highest BCUT2D eigenvalue weighted by molar-refractivity contribution is 5.95. The number of anilines is 1. The molecule has 0 aliphatic carbocycles. The molecule has 0 unspecified atom stereocenters. The number of hydrogen-bond acceptors (Lipinski definition) is 3. The van der Waals surface area contributed by atoms with Gasteiger partial charge >= 0.3 is 5.97 Å². The third-order valence-corrected chi connectivity index (χ3v) is 1.87. The molecule has 0 atom stereocenters. The molecule has 0 saturated heterocycles. The lowest BCUT2D eigenvalue weighted by Crippen LogP contribution is -2.05. The summed E-state index contributed by atoms with van der Waals surface area (Å²) < 4.78 is 13.1. The molecule has 84 valence electrons. The van der Waals surface area contributed by atoms with Gasteiger partial charge in [0, 0.05) is 13.0 Å². The summed E-state index contributed by atoms with van der Waals surface area (Å²) >= 11 is 0. The van der Waals surface area contributed by atoms with Crippen LogP contribution in [0.1, 0.15) is 22.3 Å². The molecule has 0 bridgehead atoms. The van der Waals surface area contributed by atoms with Crippen molar-refractivity contribution in [3.05, 3.63) is 29.1 Å². The van der Waals surface area contributed by atoms with Gasteiger partial charge in [-0.1, -0.05) is 11.8 Å². The molecule has 0 aliphatic rings. The van der Waals surface area contributed by atoms with Gasteiger partial charge in [-0.25, -0.2) is 9.18 Å². The number of benzene rings is 1. The summed E-state index contributed by atoms with van der Waals surface area (Å²) in [6, 6.07) is 1.97. The molecule has 0 amide bonds. The van der Waals surface area contributed by atoms with Gasteiger partial charge in [-0.3, -0.25) is 0 Å². The van der Waals surface area contributed by atoms with Gasteiger partial charge in [-0.15, -0.1) is 0 Å². The number of nitrogen functional groups attached to an aromatic ring is 1. The van der Waals surface area contributed by atoms with Crippen LogP contribution in [-0.2, 0) is 0 Å². The fourth-order valence-electron chi connectivity index (χ4n) is 1.13. The number of carboxylic acids is 1. The lowest BCUT2D eigenvalue weighted by Gasteiger charge is -2.03. The number of halogens is 1. The summed E-state index contributed by atoms with van der Waals surface area (Å²) in [5.41, 5.74) is 10.7. The molecule has 0 aromatic heterocycles. The first-order valence-corrected chi connectivity index (χ1v) is 4.57. The topological polar surface area (TPSA) is 89.3 Å². The van der Waals surface area contributed by atoms with E-state index < -0.39 is 11.8 Å². The second kappa shape index (κ2) is 5.14. The average molecular weight is 222 g/mol. The minimum atomic E-state index is -1.28. The van der Waals surface area contributed by atoms with Crippen LogP contribution in [-0.4, -0.2) is 17.6 Å². The van der Waals surface area contributed by atoms with Crippen LogP contribution >= 0.6 is 0 Å². The number of carboxylic acid groups (broad SMARTS) is 1. The largest absolute Gasteiger partial charge is 0.478 e. The van der Waals surface area contributed by atoms with Crippen LogP contribution < -0.4 is 11.5 Å². The normalized spacial score (nSPS) is 9.38. The molecule has 4 nitrogen and oxygen atoms in total. The van der Waals surface area contributed by atoms with E-state index in [0.29, 0.717) is 13.0 Å². The summed E-state index contributed by atoms with van der Waals surface area (Å²) in [6.45, 7) is 0.383. The van der Waals surface area contributed by atoms with Gasteiger partial charge in [-0.05, 0) is 12.1 Å². The molecule has 1 aromatic rings. The van der Waals surface area contributed by atoms with Gasteiger partial charge in [-0.2, -0.15) is 0 Å². The summed E-state index contributed by atoms with van der Waals surface area (Å²) in [5, 5.41) is 8.77. The Balaban J connectivity index is 3.21. The standard InChI is InChI=1S/C11H11FN2O2/c12-8-5-7(3-1-2-4-13)10(14)9(6-8)11(15)16/h5-6H,2,4,13-14H2,(H,15,16). The maximum absolute atomic E-state index is 13.1. The van der Waals surface area contributed by atoms with Crippen molar-refractivity contribution in [3.8, 4) is 11.8 Å². The van der Waals surface area contributed by atoms with E-state index in [1.54, 1.807) is 0 Å². The predicted molar refractivity (Wildman–Crippen MR) is 58.3 cm³/mol. The third kappa shape index (κ3) is 2.72. The smallest absolute Gasteiger partial charge is 0.337 e. The number of hydrogen-bond donors (Lipinski definition) is 3. The van der Waals surface area contributed by atoms with Crippen LogP contribution in [0.2, 0.25) is 0 Å². The molecule has 1 aromatic carbocycles. The first-order valence-electron chi connectivity index (χ1n) is 4.57. The van der Waals surface area contributed by atoms with Gasteiger partial charge in [0.05, 0.1) is 16.8 Å². The molecule has 5 heteroatoms. The zero-order valence-corrected chi connectivity index (χ0v) is 8.46. The average Bonchev–Trinajstić information content (AvgIpc) is 2.22. The van der Waals surface area contributed by atoms with Crippen LogP contribution in [0.5, 0.6) is 0 Å². The molecular formula is C11H11FN2O2. The molecular weight excluding hydrogens is 211 g/mol. The van der Waals surface area contributed by atoms with E-state index in [2.05, 4.69) is 11.8 Å². The van der Waals surface area contributed by atoms with E-state index in [9.17, 15) is 9.18 Å². The molecule has 0 spiro atoms. The lowest BCUT2D eigenvalue weighted by atomic mass is 10.1. The van der Waals surface area contributed by atoms with Gasteiger partial charge in [0.15, 0.2) is 0 Å². The van der Waals surface area contributed by atoms with Crippen molar-refractivity contribution in [2.24, 2.45) is 5.73 Å². The van der Waals surface area contributed by atoms with Crippen molar-refractivity contribution < 1.29 is 14.3 Å². The number of rotatable bonds is 2. The molecule has 0 fully saturated rings. The van der Waals surface area contributed by atoms with E-state index in [1.165, 1.54) is 0 Å². The van der Waals surface area contributed by atoms with E-state index in [0.717, 1.165) is 12.1 Å². The SMILES string of the molecule is NCCC#Cc1cc(F)cc(C(=O)O)c1N. The predicted octanol–water partition coefficient (Wildman–Crippen LogP) is 0.806. The Morgan fingerprint density at radius 2 is 2.19 bits per heavy atom. The van der Waals surface area contributed by atoms with Crippen molar-refractivity contribution >= 4 is 11.7 Å². The second-order valence-electron chi connectivity index (χ2n) is 3.06. The molecule has 16 heavy (non-hydrogen) atoms. The number of aromatic carboxylic acids is 1.